The molecule has 0 radical (unpaired) electrons. The first-order valence-corrected chi connectivity index (χ1v) is 16.0. The molecule has 1 N–H and O–H groups in total. The zero-order valence-corrected chi connectivity index (χ0v) is 27.3. The average molecular weight is 650 g/mol. The largest absolute Gasteiger partial charge is 0.493 e. The van der Waals surface area contributed by atoms with Gasteiger partial charge < -0.3 is 19.2 Å². The number of hydrogen-bond donors (Lipinski definition) is 1. The van der Waals surface area contributed by atoms with Gasteiger partial charge in [0.1, 0.15) is 18.4 Å². The highest BCUT2D eigenvalue weighted by Gasteiger charge is 2.24. The van der Waals surface area contributed by atoms with Crippen LogP contribution in [0.5, 0.6) is 17.2 Å². The van der Waals surface area contributed by atoms with E-state index in [9.17, 15) is 4.79 Å². The Labute approximate surface area is 273 Å². The number of nitrogens with zero attached hydrogens (tertiary/aromatic N) is 3. The fourth-order valence-electron chi connectivity index (χ4n) is 5.54. The maximum absolute atomic E-state index is 12.9. The van der Waals surface area contributed by atoms with Crippen LogP contribution in [-0.2, 0) is 17.8 Å². The van der Waals surface area contributed by atoms with E-state index >= 15 is 0 Å². The van der Waals surface area contributed by atoms with E-state index in [0.717, 1.165) is 53.5 Å². The van der Waals surface area contributed by atoms with Crippen LogP contribution in [0.2, 0.25) is 10.0 Å². The second kappa shape index (κ2) is 15.3. The molecule has 2 aromatic heterocycles. The molecule has 0 aliphatic rings. The van der Waals surface area contributed by atoms with Crippen molar-refractivity contribution < 1.29 is 19.0 Å². The van der Waals surface area contributed by atoms with Crippen molar-refractivity contribution in [2.75, 3.05) is 13.7 Å². The highest BCUT2D eigenvalue weighted by atomic mass is 35.5. The van der Waals surface area contributed by atoms with Gasteiger partial charge in [-0.25, -0.2) is 4.98 Å². The van der Waals surface area contributed by atoms with Crippen molar-refractivity contribution in [1.82, 2.24) is 19.7 Å². The van der Waals surface area contributed by atoms with E-state index in [-0.39, 0.29) is 17.8 Å². The van der Waals surface area contributed by atoms with Gasteiger partial charge in [-0.3, -0.25) is 9.48 Å². The molecular formula is C35H38Cl2N4O4. The molecule has 0 aliphatic carbocycles. The molecule has 236 valence electrons. The van der Waals surface area contributed by atoms with Gasteiger partial charge in [-0.2, -0.15) is 5.10 Å². The number of nitrogens with one attached hydrogen (secondary N) is 1. The second-order valence-electron chi connectivity index (χ2n) is 11.1. The molecule has 8 nitrogen and oxygen atoms in total. The molecule has 0 saturated heterocycles. The first-order chi connectivity index (χ1) is 21.9. The lowest BCUT2D eigenvalue weighted by Gasteiger charge is -2.20. The van der Waals surface area contributed by atoms with Crippen LogP contribution in [0.1, 0.15) is 62.3 Å². The van der Waals surface area contributed by atoms with Crippen molar-refractivity contribution in [2.24, 2.45) is 5.92 Å². The van der Waals surface area contributed by atoms with Crippen LogP contribution in [0.3, 0.4) is 0 Å². The summed E-state index contributed by atoms with van der Waals surface area (Å²) in [5, 5.41) is 6.48. The smallest absolute Gasteiger partial charge is 0.314 e. The lowest BCUT2D eigenvalue weighted by molar-refractivity contribution is -0.138. The van der Waals surface area contributed by atoms with Crippen molar-refractivity contribution in [2.45, 2.75) is 58.4 Å². The minimum absolute atomic E-state index is 0.0584. The van der Waals surface area contributed by atoms with Crippen LogP contribution in [0.15, 0.2) is 73.3 Å². The van der Waals surface area contributed by atoms with Crippen LogP contribution < -0.4 is 14.2 Å². The molecule has 5 aromatic rings. The summed E-state index contributed by atoms with van der Waals surface area (Å²) < 4.78 is 19.3. The van der Waals surface area contributed by atoms with Gasteiger partial charge in [0.15, 0.2) is 11.5 Å². The Balaban J connectivity index is 1.34. The number of aryl methyl sites for hydroxylation is 2. The van der Waals surface area contributed by atoms with Gasteiger partial charge in [0.25, 0.3) is 0 Å². The van der Waals surface area contributed by atoms with Gasteiger partial charge in [-0.15, -0.1) is 0 Å². The van der Waals surface area contributed by atoms with Crippen molar-refractivity contribution in [1.29, 1.82) is 0 Å². The van der Waals surface area contributed by atoms with Crippen molar-refractivity contribution in [3.63, 3.8) is 0 Å². The van der Waals surface area contributed by atoms with Gasteiger partial charge in [0, 0.05) is 39.1 Å². The van der Waals surface area contributed by atoms with Crippen LogP contribution in [-0.4, -0.2) is 39.4 Å². The van der Waals surface area contributed by atoms with Gasteiger partial charge in [-0.1, -0.05) is 43.1 Å². The van der Waals surface area contributed by atoms with E-state index in [1.54, 1.807) is 44.0 Å². The number of methoxy groups -OCH3 is 1. The number of unbranched alkanes of at least 4 members (excludes halogenated alkanes) is 1. The molecule has 2 atom stereocenters. The number of H-pyrrole nitrogens is 1. The van der Waals surface area contributed by atoms with E-state index in [4.69, 9.17) is 37.4 Å². The van der Waals surface area contributed by atoms with E-state index in [1.807, 2.05) is 35.9 Å². The molecule has 3 aromatic carbocycles. The Hall–Kier alpha value is -4.01. The van der Waals surface area contributed by atoms with Crippen LogP contribution >= 0.6 is 23.2 Å². The van der Waals surface area contributed by atoms with Gasteiger partial charge in [0.05, 0.1) is 19.6 Å². The van der Waals surface area contributed by atoms with Crippen LogP contribution in [0.4, 0.5) is 0 Å². The third-order valence-corrected chi connectivity index (χ3v) is 8.50. The molecule has 0 saturated carbocycles. The third kappa shape index (κ3) is 8.18. The SMILES string of the molecule is CCC(c1ccc(OC)c(OCCCCn2cncn2)c1)c1[nH]c2ccc(Cl)cc2c1CCC(C)C(=O)Oc1ccc(Cl)cc1. The molecule has 5 rings (SSSR count). The van der Waals surface area contributed by atoms with E-state index in [0.29, 0.717) is 46.7 Å². The summed E-state index contributed by atoms with van der Waals surface area (Å²) in [6, 6.07) is 18.9. The Bertz CT molecular complexity index is 1700. The van der Waals surface area contributed by atoms with Crippen molar-refractivity contribution in [3.05, 3.63) is 100 Å². The first-order valence-electron chi connectivity index (χ1n) is 15.3. The fourth-order valence-corrected chi connectivity index (χ4v) is 5.84. The number of carbonyl (C=O) groups is 1. The highest BCUT2D eigenvalue weighted by Crippen LogP contribution is 2.39. The molecule has 0 spiro atoms. The summed E-state index contributed by atoms with van der Waals surface area (Å²) in [6.07, 6.45) is 7.20. The second-order valence-corrected chi connectivity index (χ2v) is 12.0. The van der Waals surface area contributed by atoms with Gasteiger partial charge >= 0.3 is 5.97 Å². The topological polar surface area (TPSA) is 91.3 Å². The summed E-state index contributed by atoms with van der Waals surface area (Å²) in [5.74, 6) is 1.36. The maximum atomic E-state index is 12.9. The summed E-state index contributed by atoms with van der Waals surface area (Å²) in [5.41, 5.74) is 4.38. The average Bonchev–Trinajstić information content (AvgIpc) is 3.69. The number of ether oxygens (including phenoxy) is 3. The third-order valence-electron chi connectivity index (χ3n) is 8.02. The minimum Gasteiger partial charge on any atom is -0.493 e. The highest BCUT2D eigenvalue weighted by molar-refractivity contribution is 6.31. The molecule has 0 fully saturated rings. The van der Waals surface area contributed by atoms with Crippen molar-refractivity contribution in [3.8, 4) is 17.2 Å². The number of fused-ring (bicyclic) bond motifs is 1. The zero-order chi connectivity index (χ0) is 31.8. The maximum Gasteiger partial charge on any atom is 0.314 e. The Morgan fingerprint density at radius 2 is 1.80 bits per heavy atom. The molecular weight excluding hydrogens is 611 g/mol. The molecule has 0 aliphatic heterocycles. The molecule has 10 heteroatoms. The summed E-state index contributed by atoms with van der Waals surface area (Å²) in [4.78, 5) is 20.6. The molecule has 2 unspecified atom stereocenters. The number of carbonyl (C=O) groups excluding carboxylic acids is 1. The standard InChI is InChI=1S/C35H38Cl2N4O4/c1-4-28(24-8-16-32(43-3)33(19-24)44-18-6-5-17-41-22-38-21-39-41)34-29(30-20-26(37)11-15-31(30)40-34)14-7-23(2)35(42)45-27-12-9-25(36)10-13-27/h8-13,15-16,19-23,28,40H,4-7,14,17-18H2,1-3H3. The van der Waals surface area contributed by atoms with Crippen LogP contribution in [0, 0.1) is 5.92 Å². The number of esters is 1. The predicted molar refractivity (Wildman–Crippen MR) is 178 cm³/mol. The van der Waals surface area contributed by atoms with Gasteiger partial charge in [0.2, 0.25) is 0 Å². The summed E-state index contributed by atoms with van der Waals surface area (Å²) in [6.45, 7) is 5.43. The minimum atomic E-state index is -0.316. The Morgan fingerprint density at radius 1 is 1.00 bits per heavy atom. The normalized spacial score (nSPS) is 12.6. The fraction of sp³-hybridized carbons (Fsp3) is 0.343. The lowest BCUT2D eigenvalue weighted by Crippen LogP contribution is -2.18. The number of hydrogen-bond acceptors (Lipinski definition) is 6. The first kappa shape index (κ1) is 32.4. The van der Waals surface area contributed by atoms with E-state index < -0.39 is 0 Å². The van der Waals surface area contributed by atoms with Gasteiger partial charge in [-0.05, 0) is 97.8 Å². The number of benzene rings is 3. The van der Waals surface area contributed by atoms with E-state index in [2.05, 4.69) is 34.1 Å². The number of aromatic amines is 1. The van der Waals surface area contributed by atoms with Crippen molar-refractivity contribution >= 4 is 40.1 Å². The zero-order valence-electron chi connectivity index (χ0n) is 25.8. The lowest BCUT2D eigenvalue weighted by atomic mass is 9.88. The monoisotopic (exact) mass is 648 g/mol. The molecule has 2 heterocycles. The molecule has 0 bridgehead atoms. The Morgan fingerprint density at radius 3 is 2.53 bits per heavy atom. The summed E-state index contributed by atoms with van der Waals surface area (Å²) >= 11 is 12.4. The number of rotatable bonds is 15. The van der Waals surface area contributed by atoms with E-state index in [1.165, 1.54) is 0 Å². The molecule has 45 heavy (non-hydrogen) atoms. The quantitative estimate of drug-likeness (QED) is 0.0694. The number of aromatic nitrogens is 4. The molecule has 0 amide bonds. The number of halogens is 2. The summed E-state index contributed by atoms with van der Waals surface area (Å²) in [7, 11) is 1.66. The predicted octanol–water partition coefficient (Wildman–Crippen LogP) is 8.65. The Kier molecular flexibility index (Phi) is 11.0. The van der Waals surface area contributed by atoms with Crippen LogP contribution in [0.25, 0.3) is 10.9 Å².